The van der Waals surface area contributed by atoms with Gasteiger partial charge in [0.2, 0.25) is 11.2 Å². The van der Waals surface area contributed by atoms with Gasteiger partial charge in [0.05, 0.1) is 5.39 Å². The molecular formula is C21H17NO5. The van der Waals surface area contributed by atoms with Crippen LogP contribution in [0.15, 0.2) is 45.6 Å². The Morgan fingerprint density at radius 2 is 1.85 bits per heavy atom. The van der Waals surface area contributed by atoms with Gasteiger partial charge in [-0.3, -0.25) is 4.79 Å². The highest BCUT2D eigenvalue weighted by Gasteiger charge is 2.84. The Morgan fingerprint density at radius 1 is 1.04 bits per heavy atom. The number of aromatic hydroxyl groups is 3. The molecule has 1 aromatic heterocycles. The highest BCUT2D eigenvalue weighted by Crippen LogP contribution is 2.80. The third kappa shape index (κ3) is 1.76. The van der Waals surface area contributed by atoms with Crippen molar-refractivity contribution in [2.75, 3.05) is 6.54 Å². The molecule has 1 saturated heterocycles. The number of rotatable bonds is 2. The molecule has 0 spiro atoms. The molecule has 0 amide bonds. The van der Waals surface area contributed by atoms with Crippen molar-refractivity contribution in [1.82, 2.24) is 5.32 Å². The molecule has 3 aliphatic rings. The minimum Gasteiger partial charge on any atom is -0.504 e. The summed E-state index contributed by atoms with van der Waals surface area (Å²) in [6, 6.07) is 10.3. The van der Waals surface area contributed by atoms with Gasteiger partial charge in [-0.15, -0.1) is 0 Å². The molecule has 2 heterocycles. The fourth-order valence-electron chi connectivity index (χ4n) is 5.23. The minimum absolute atomic E-state index is 0.0124. The first-order valence-corrected chi connectivity index (χ1v) is 9.08. The Kier molecular flexibility index (Phi) is 2.60. The van der Waals surface area contributed by atoms with Gasteiger partial charge in [0.1, 0.15) is 5.58 Å². The maximum atomic E-state index is 12.6. The zero-order valence-electron chi connectivity index (χ0n) is 14.3. The Hall–Kier alpha value is -2.99. The van der Waals surface area contributed by atoms with Crippen molar-refractivity contribution in [3.05, 3.63) is 52.2 Å². The van der Waals surface area contributed by atoms with E-state index >= 15 is 0 Å². The monoisotopic (exact) mass is 363 g/mol. The van der Waals surface area contributed by atoms with E-state index in [2.05, 4.69) is 5.32 Å². The molecule has 3 aromatic rings. The van der Waals surface area contributed by atoms with Crippen molar-refractivity contribution in [1.29, 1.82) is 0 Å². The second-order valence-electron chi connectivity index (χ2n) is 7.85. The molecule has 6 heteroatoms. The molecule has 6 rings (SSSR count). The van der Waals surface area contributed by atoms with Crippen LogP contribution >= 0.6 is 0 Å². The highest BCUT2D eigenvalue weighted by molar-refractivity contribution is 5.83. The van der Waals surface area contributed by atoms with E-state index in [0.717, 1.165) is 13.0 Å². The quantitative estimate of drug-likeness (QED) is 0.522. The second kappa shape index (κ2) is 4.64. The van der Waals surface area contributed by atoms with Crippen LogP contribution in [-0.4, -0.2) is 27.9 Å². The highest BCUT2D eigenvalue weighted by atomic mass is 16.4. The summed E-state index contributed by atoms with van der Waals surface area (Å²) in [5.74, 6) is 0.246. The summed E-state index contributed by atoms with van der Waals surface area (Å²) in [5, 5.41) is 33.4. The Morgan fingerprint density at radius 3 is 2.59 bits per heavy atom. The van der Waals surface area contributed by atoms with Gasteiger partial charge in [0, 0.05) is 17.0 Å². The first kappa shape index (κ1) is 15.1. The zero-order valence-corrected chi connectivity index (χ0v) is 14.3. The number of nitrogens with one attached hydrogen (secondary N) is 1. The molecular weight excluding hydrogens is 346 g/mol. The van der Waals surface area contributed by atoms with Crippen LogP contribution in [0.3, 0.4) is 0 Å². The third-order valence-electron chi connectivity index (χ3n) is 6.66. The van der Waals surface area contributed by atoms with Crippen LogP contribution in [0.1, 0.15) is 12.0 Å². The molecule has 0 radical (unpaired) electrons. The van der Waals surface area contributed by atoms with Gasteiger partial charge in [-0.25, -0.2) is 0 Å². The van der Waals surface area contributed by atoms with Crippen LogP contribution in [0, 0.1) is 11.8 Å². The van der Waals surface area contributed by atoms with Crippen molar-refractivity contribution in [2.24, 2.45) is 11.8 Å². The number of piperidine rings is 2. The molecule has 2 saturated carbocycles. The molecule has 0 bridgehead atoms. The van der Waals surface area contributed by atoms with E-state index in [9.17, 15) is 20.1 Å². The Balaban J connectivity index is 1.52. The molecule has 4 N–H and O–H groups in total. The first-order chi connectivity index (χ1) is 13.0. The standard InChI is InChI=1S/C21H17NO5/c23-12-4-1-9(7-13(12)24)20-19(26)18(25)11-3-2-10(8-14(11)27-20)21-5-6-22-17-15(21)16(17)21/h1-4,7-8,15-17,22-24,26H,5-6H2. The van der Waals surface area contributed by atoms with E-state index in [1.807, 2.05) is 12.1 Å². The number of hydrogen-bond donors (Lipinski definition) is 4. The summed E-state index contributed by atoms with van der Waals surface area (Å²) < 4.78 is 5.90. The molecule has 3 fully saturated rings. The predicted octanol–water partition coefficient (Wildman–Crippen LogP) is 2.44. The molecule has 6 nitrogen and oxygen atoms in total. The lowest BCUT2D eigenvalue weighted by atomic mass is 9.78. The number of benzene rings is 2. The van der Waals surface area contributed by atoms with Crippen molar-refractivity contribution < 1.29 is 19.7 Å². The van der Waals surface area contributed by atoms with Crippen molar-refractivity contribution >= 4 is 11.0 Å². The fourth-order valence-corrected chi connectivity index (χ4v) is 5.23. The van der Waals surface area contributed by atoms with Crippen LogP contribution in [0.25, 0.3) is 22.3 Å². The fraction of sp³-hybridized carbons (Fsp3) is 0.286. The maximum absolute atomic E-state index is 12.6. The van der Waals surface area contributed by atoms with Gasteiger partial charge in [-0.2, -0.15) is 0 Å². The summed E-state index contributed by atoms with van der Waals surface area (Å²) in [7, 11) is 0. The zero-order chi connectivity index (χ0) is 18.5. The molecule has 27 heavy (non-hydrogen) atoms. The van der Waals surface area contributed by atoms with Crippen LogP contribution in [0.4, 0.5) is 0 Å². The van der Waals surface area contributed by atoms with E-state index in [-0.39, 0.29) is 22.7 Å². The Labute approximate surface area is 153 Å². The van der Waals surface area contributed by atoms with Gasteiger partial charge in [-0.05, 0) is 60.7 Å². The molecule has 2 atom stereocenters. The van der Waals surface area contributed by atoms with E-state index in [4.69, 9.17) is 4.42 Å². The lowest BCUT2D eigenvalue weighted by Crippen LogP contribution is -2.43. The lowest BCUT2D eigenvalue weighted by Gasteiger charge is -2.33. The predicted molar refractivity (Wildman–Crippen MR) is 98.0 cm³/mol. The third-order valence-corrected chi connectivity index (χ3v) is 6.66. The number of phenolic OH excluding ortho intramolecular Hbond substituents is 2. The molecule has 136 valence electrons. The van der Waals surface area contributed by atoms with E-state index in [0.29, 0.717) is 34.4 Å². The topological polar surface area (TPSA) is 103 Å². The van der Waals surface area contributed by atoms with E-state index < -0.39 is 11.2 Å². The van der Waals surface area contributed by atoms with Crippen molar-refractivity contribution in [3.63, 3.8) is 0 Å². The first-order valence-electron chi connectivity index (χ1n) is 9.08. The van der Waals surface area contributed by atoms with E-state index in [1.165, 1.54) is 23.8 Å². The van der Waals surface area contributed by atoms with Gasteiger partial charge in [-0.1, -0.05) is 6.07 Å². The van der Waals surface area contributed by atoms with Gasteiger partial charge in [0.25, 0.3) is 0 Å². The minimum atomic E-state index is -0.507. The number of fused-ring (bicyclic) bond motifs is 3. The Bertz CT molecular complexity index is 1190. The van der Waals surface area contributed by atoms with Crippen molar-refractivity contribution in [3.8, 4) is 28.6 Å². The second-order valence-corrected chi connectivity index (χ2v) is 7.85. The molecule has 2 aliphatic carbocycles. The van der Waals surface area contributed by atoms with Gasteiger partial charge in [0.15, 0.2) is 17.3 Å². The molecule has 2 aromatic carbocycles. The van der Waals surface area contributed by atoms with E-state index in [1.54, 1.807) is 6.07 Å². The summed E-state index contributed by atoms with van der Waals surface area (Å²) in [6.07, 6.45) is 1.09. The van der Waals surface area contributed by atoms with Crippen LogP contribution in [-0.2, 0) is 5.41 Å². The van der Waals surface area contributed by atoms with Crippen LogP contribution < -0.4 is 10.7 Å². The smallest absolute Gasteiger partial charge is 0.235 e. The van der Waals surface area contributed by atoms with Crippen LogP contribution in [0.5, 0.6) is 17.2 Å². The average molecular weight is 363 g/mol. The summed E-state index contributed by atoms with van der Waals surface area (Å²) in [4.78, 5) is 12.6. The number of hydrogen-bond acceptors (Lipinski definition) is 6. The maximum Gasteiger partial charge on any atom is 0.235 e. The molecule has 2 unspecified atom stereocenters. The van der Waals surface area contributed by atoms with Crippen LogP contribution in [0.2, 0.25) is 0 Å². The summed E-state index contributed by atoms with van der Waals surface area (Å²) >= 11 is 0. The SMILES string of the molecule is O=c1c(O)c(-c2ccc(O)c(O)c2)oc2cc(C34CCNC5C3C54)ccc12. The van der Waals surface area contributed by atoms with Gasteiger partial charge < -0.3 is 25.1 Å². The lowest BCUT2D eigenvalue weighted by molar-refractivity contribution is 0.319. The van der Waals surface area contributed by atoms with Gasteiger partial charge >= 0.3 is 0 Å². The number of phenols is 2. The normalized spacial score (nSPS) is 30.1. The summed E-state index contributed by atoms with van der Waals surface area (Å²) in [5.41, 5.74) is 1.65. The molecule has 1 aliphatic heterocycles. The largest absolute Gasteiger partial charge is 0.504 e. The van der Waals surface area contributed by atoms with Crippen molar-refractivity contribution in [2.45, 2.75) is 17.9 Å². The summed E-state index contributed by atoms with van der Waals surface area (Å²) in [6.45, 7) is 1.01. The average Bonchev–Trinajstić information content (AvgIpc) is 3.59.